The van der Waals surface area contributed by atoms with Gasteiger partial charge in [-0.2, -0.15) is 0 Å². The molecule has 10 heteroatoms. The Kier molecular flexibility index (Phi) is 10.4. The van der Waals surface area contributed by atoms with E-state index in [-0.39, 0.29) is 18.5 Å². The van der Waals surface area contributed by atoms with Gasteiger partial charge in [0.1, 0.15) is 12.6 Å². The van der Waals surface area contributed by atoms with Crippen LogP contribution >= 0.6 is 27.5 Å². The molecule has 2 atom stereocenters. The summed E-state index contributed by atoms with van der Waals surface area (Å²) in [5, 5.41) is 3.40. The molecular formula is C24H31BrClN3O4S. The monoisotopic (exact) mass is 571 g/mol. The first-order chi connectivity index (χ1) is 16.0. The van der Waals surface area contributed by atoms with Crippen molar-refractivity contribution in [1.29, 1.82) is 0 Å². The maximum atomic E-state index is 13.6. The molecule has 0 aliphatic rings. The molecule has 2 aromatic rings. The van der Waals surface area contributed by atoms with Gasteiger partial charge in [-0.05, 0) is 59.5 Å². The molecule has 0 spiro atoms. The molecule has 0 saturated heterocycles. The minimum atomic E-state index is -3.80. The van der Waals surface area contributed by atoms with E-state index < -0.39 is 28.5 Å². The maximum Gasteiger partial charge on any atom is 0.244 e. The van der Waals surface area contributed by atoms with Gasteiger partial charge in [-0.3, -0.25) is 13.9 Å². The minimum Gasteiger partial charge on any atom is -0.352 e. The Morgan fingerprint density at radius 2 is 1.68 bits per heavy atom. The van der Waals surface area contributed by atoms with Gasteiger partial charge >= 0.3 is 0 Å². The van der Waals surface area contributed by atoms with Gasteiger partial charge in [0.2, 0.25) is 21.8 Å². The Morgan fingerprint density at radius 1 is 1.06 bits per heavy atom. The third kappa shape index (κ3) is 7.45. The van der Waals surface area contributed by atoms with E-state index in [1.54, 1.807) is 48.5 Å². The van der Waals surface area contributed by atoms with Crippen LogP contribution in [0.3, 0.4) is 0 Å². The smallest absolute Gasteiger partial charge is 0.244 e. The highest BCUT2D eigenvalue weighted by molar-refractivity contribution is 9.10. The Hall–Kier alpha value is -2.10. The first-order valence-electron chi connectivity index (χ1n) is 11.0. The Labute approximate surface area is 215 Å². The van der Waals surface area contributed by atoms with Crippen LogP contribution in [0.4, 0.5) is 5.69 Å². The van der Waals surface area contributed by atoms with Crippen LogP contribution in [0.2, 0.25) is 5.02 Å². The summed E-state index contributed by atoms with van der Waals surface area (Å²) < 4.78 is 26.9. The molecule has 1 N–H and O–H groups in total. The number of carbonyl (C=O) groups excluding carboxylic acids is 2. The van der Waals surface area contributed by atoms with Crippen molar-refractivity contribution >= 4 is 55.1 Å². The number of hydrogen-bond donors (Lipinski definition) is 1. The fourth-order valence-corrected chi connectivity index (χ4v) is 5.09. The molecule has 2 aromatic carbocycles. The van der Waals surface area contributed by atoms with Crippen LogP contribution in [0.1, 0.15) is 39.2 Å². The predicted molar refractivity (Wildman–Crippen MR) is 140 cm³/mol. The summed E-state index contributed by atoms with van der Waals surface area (Å²) in [5.41, 5.74) is 1.01. The average Bonchev–Trinajstić information content (AvgIpc) is 2.78. The van der Waals surface area contributed by atoms with Gasteiger partial charge in [0.25, 0.3) is 0 Å². The highest BCUT2D eigenvalue weighted by Gasteiger charge is 2.32. The first-order valence-corrected chi connectivity index (χ1v) is 14.1. The lowest BCUT2D eigenvalue weighted by atomic mass is 10.1. The van der Waals surface area contributed by atoms with Crippen molar-refractivity contribution in [3.8, 4) is 0 Å². The van der Waals surface area contributed by atoms with E-state index in [0.29, 0.717) is 27.2 Å². The molecule has 0 bridgehead atoms. The lowest BCUT2D eigenvalue weighted by Crippen LogP contribution is -2.53. The summed E-state index contributed by atoms with van der Waals surface area (Å²) in [6.07, 6.45) is 2.14. The van der Waals surface area contributed by atoms with Crippen molar-refractivity contribution in [3.05, 3.63) is 63.6 Å². The highest BCUT2D eigenvalue weighted by Crippen LogP contribution is 2.28. The van der Waals surface area contributed by atoms with Crippen molar-refractivity contribution in [3.63, 3.8) is 0 Å². The van der Waals surface area contributed by atoms with Crippen LogP contribution in [0.15, 0.2) is 53.0 Å². The second-order valence-corrected chi connectivity index (χ2v) is 11.2. The number of hydrogen-bond acceptors (Lipinski definition) is 4. The van der Waals surface area contributed by atoms with Crippen LogP contribution in [0.5, 0.6) is 0 Å². The summed E-state index contributed by atoms with van der Waals surface area (Å²) in [5.74, 6) is -0.795. The number of halogens is 2. The molecule has 0 radical (unpaired) electrons. The average molecular weight is 573 g/mol. The molecule has 7 nitrogen and oxygen atoms in total. The number of carbonyl (C=O) groups is 2. The summed E-state index contributed by atoms with van der Waals surface area (Å²) in [6.45, 7) is 5.27. The maximum absolute atomic E-state index is 13.6. The summed E-state index contributed by atoms with van der Waals surface area (Å²) in [4.78, 5) is 28.1. The first kappa shape index (κ1) is 28.1. The third-order valence-electron chi connectivity index (χ3n) is 5.49. The second-order valence-electron chi connectivity index (χ2n) is 8.08. The zero-order valence-electron chi connectivity index (χ0n) is 19.8. The van der Waals surface area contributed by atoms with E-state index in [1.807, 2.05) is 20.8 Å². The van der Waals surface area contributed by atoms with E-state index >= 15 is 0 Å². The molecule has 0 aromatic heterocycles. The Morgan fingerprint density at radius 3 is 2.24 bits per heavy atom. The topological polar surface area (TPSA) is 86.8 Å². The van der Waals surface area contributed by atoms with E-state index in [0.717, 1.165) is 17.0 Å². The van der Waals surface area contributed by atoms with Gasteiger partial charge in [0, 0.05) is 22.1 Å². The van der Waals surface area contributed by atoms with Crippen molar-refractivity contribution in [2.75, 3.05) is 17.1 Å². The lowest BCUT2D eigenvalue weighted by molar-refractivity contribution is -0.140. The molecule has 0 saturated carbocycles. The SMILES string of the molecule is CC[C@@H](C)NC(=O)[C@@H](CC)N(Cc1ccccc1Cl)C(=O)CN(c1ccccc1Br)S(C)(=O)=O. The van der Waals surface area contributed by atoms with Gasteiger partial charge in [-0.15, -0.1) is 0 Å². The molecule has 186 valence electrons. The number of amides is 2. The van der Waals surface area contributed by atoms with E-state index in [4.69, 9.17) is 11.6 Å². The summed E-state index contributed by atoms with van der Waals surface area (Å²) >= 11 is 9.72. The van der Waals surface area contributed by atoms with Crippen molar-refractivity contribution in [2.45, 2.75) is 52.2 Å². The van der Waals surface area contributed by atoms with Crippen LogP contribution in [-0.4, -0.2) is 50.0 Å². The second kappa shape index (κ2) is 12.6. The number of nitrogens with one attached hydrogen (secondary N) is 1. The molecular weight excluding hydrogens is 542 g/mol. The largest absolute Gasteiger partial charge is 0.352 e. The molecule has 0 aliphatic heterocycles. The number of nitrogens with zero attached hydrogens (tertiary/aromatic N) is 2. The quantitative estimate of drug-likeness (QED) is 0.427. The molecule has 0 heterocycles. The van der Waals surface area contributed by atoms with Gasteiger partial charge in [-0.25, -0.2) is 8.42 Å². The Balaban J connectivity index is 2.47. The van der Waals surface area contributed by atoms with Gasteiger partial charge < -0.3 is 10.2 Å². The predicted octanol–water partition coefficient (Wildman–Crippen LogP) is 4.59. The van der Waals surface area contributed by atoms with Crippen molar-refractivity contribution in [2.24, 2.45) is 0 Å². The zero-order chi connectivity index (χ0) is 25.5. The standard InChI is InChI=1S/C24H31BrClN3O4S/c1-5-17(3)27-24(31)21(6-2)28(15-18-11-7-9-13-20(18)26)23(30)16-29(34(4,32)33)22-14-10-8-12-19(22)25/h7-14,17,21H,5-6,15-16H2,1-4H3,(H,27,31)/t17-,21-/m1/s1. The van der Waals surface area contributed by atoms with Crippen LogP contribution in [0, 0.1) is 0 Å². The van der Waals surface area contributed by atoms with E-state index in [1.165, 1.54) is 4.90 Å². The molecule has 2 amide bonds. The van der Waals surface area contributed by atoms with Crippen LogP contribution in [0.25, 0.3) is 0 Å². The normalized spacial score (nSPS) is 13.1. The van der Waals surface area contributed by atoms with Gasteiger partial charge in [0.15, 0.2) is 0 Å². The molecule has 0 aliphatic carbocycles. The fraction of sp³-hybridized carbons (Fsp3) is 0.417. The zero-order valence-corrected chi connectivity index (χ0v) is 23.0. The third-order valence-corrected chi connectivity index (χ3v) is 7.65. The van der Waals surface area contributed by atoms with Gasteiger partial charge in [0.05, 0.1) is 11.9 Å². The molecule has 0 unspecified atom stereocenters. The number of sulfonamides is 1. The molecule has 2 rings (SSSR count). The number of rotatable bonds is 11. The molecule has 0 fully saturated rings. The van der Waals surface area contributed by atoms with E-state index in [9.17, 15) is 18.0 Å². The summed E-state index contributed by atoms with van der Waals surface area (Å²) in [7, 11) is -3.80. The lowest BCUT2D eigenvalue weighted by Gasteiger charge is -2.33. The van der Waals surface area contributed by atoms with Crippen molar-refractivity contribution < 1.29 is 18.0 Å². The summed E-state index contributed by atoms with van der Waals surface area (Å²) in [6, 6.07) is 13.0. The number of anilines is 1. The van der Waals surface area contributed by atoms with E-state index in [2.05, 4.69) is 21.2 Å². The minimum absolute atomic E-state index is 0.0633. The van der Waals surface area contributed by atoms with Crippen LogP contribution < -0.4 is 9.62 Å². The van der Waals surface area contributed by atoms with Crippen molar-refractivity contribution in [1.82, 2.24) is 10.2 Å². The van der Waals surface area contributed by atoms with Crippen LogP contribution in [-0.2, 0) is 26.2 Å². The number of para-hydroxylation sites is 1. The van der Waals surface area contributed by atoms with Gasteiger partial charge in [-0.1, -0.05) is 55.8 Å². The Bertz CT molecular complexity index is 1110. The molecule has 34 heavy (non-hydrogen) atoms. The highest BCUT2D eigenvalue weighted by atomic mass is 79.9. The number of benzene rings is 2. The fourth-order valence-electron chi connectivity index (χ4n) is 3.42.